The number of carbonyl (C=O) groups is 5. The number of ether oxygens (including phenoxy) is 2. The topological polar surface area (TPSA) is 192 Å². The van der Waals surface area contributed by atoms with E-state index in [-0.39, 0.29) is 17.7 Å². The van der Waals surface area contributed by atoms with Crippen LogP contribution in [0.3, 0.4) is 0 Å². The number of halogens is 3. The Balaban J connectivity index is 2.26. The Labute approximate surface area is 307 Å². The van der Waals surface area contributed by atoms with Gasteiger partial charge in [-0.05, 0) is 47.9 Å². The number of carboxylic acid groups (broad SMARTS) is 1. The summed E-state index contributed by atoms with van der Waals surface area (Å²) in [5.74, 6) is -5.79. The van der Waals surface area contributed by atoms with Gasteiger partial charge in [0.05, 0.1) is 32.1 Å². The Kier molecular flexibility index (Phi) is 17.1. The van der Waals surface area contributed by atoms with E-state index in [0.29, 0.717) is 12.0 Å². The lowest BCUT2D eigenvalue weighted by atomic mass is 9.95. The number of rotatable bonds is 20. The van der Waals surface area contributed by atoms with Gasteiger partial charge in [0.15, 0.2) is 0 Å². The second kappa shape index (κ2) is 20.4. The highest BCUT2D eigenvalue weighted by atomic mass is 19.4. The minimum Gasteiger partial charge on any atom is -0.496 e. The van der Waals surface area contributed by atoms with Gasteiger partial charge in [0.25, 0.3) is 0 Å². The minimum absolute atomic E-state index is 0.0742. The average molecular weight is 753 g/mol. The highest BCUT2D eigenvalue weighted by Gasteiger charge is 2.34. The molecule has 0 saturated carbocycles. The molecule has 16 heteroatoms. The molecule has 2 aromatic carbocycles. The number of hydrogen-bond donors (Lipinski definition) is 6. The molecule has 0 bridgehead atoms. The van der Waals surface area contributed by atoms with Gasteiger partial charge < -0.3 is 41.0 Å². The maximum atomic E-state index is 13.7. The zero-order valence-corrected chi connectivity index (χ0v) is 31.0. The number of aliphatic carboxylic acids is 1. The van der Waals surface area contributed by atoms with E-state index in [1.807, 2.05) is 0 Å². The van der Waals surface area contributed by atoms with Gasteiger partial charge in [0.2, 0.25) is 23.6 Å². The number of alkyl halides is 3. The van der Waals surface area contributed by atoms with Crippen LogP contribution in [-0.4, -0.2) is 83.6 Å². The average Bonchev–Trinajstić information content (AvgIpc) is 3.07. The van der Waals surface area contributed by atoms with Crippen molar-refractivity contribution in [1.82, 2.24) is 21.3 Å². The lowest BCUT2D eigenvalue weighted by Crippen LogP contribution is -2.57. The summed E-state index contributed by atoms with van der Waals surface area (Å²) in [7, 11) is 1.28. The quantitative estimate of drug-likeness (QED) is 0.118. The van der Waals surface area contributed by atoms with Crippen LogP contribution in [0.2, 0.25) is 0 Å². The van der Waals surface area contributed by atoms with Gasteiger partial charge in [-0.25, -0.2) is 4.79 Å². The summed E-state index contributed by atoms with van der Waals surface area (Å²) in [6, 6.07) is 7.56. The Hall–Kier alpha value is -4.86. The molecular formula is C37H51F3N4O9. The number of hydrogen-bond acceptors (Lipinski definition) is 8. The summed E-state index contributed by atoms with van der Waals surface area (Å²) in [5, 5.41) is 31.3. The number of aliphatic hydroxyl groups excluding tert-OH is 1. The molecule has 2 aromatic rings. The number of methoxy groups -OCH3 is 1. The van der Waals surface area contributed by atoms with Crippen molar-refractivity contribution in [2.24, 2.45) is 17.8 Å². The Bertz CT molecular complexity index is 1540. The van der Waals surface area contributed by atoms with Crippen molar-refractivity contribution in [3.05, 3.63) is 59.7 Å². The van der Waals surface area contributed by atoms with Crippen LogP contribution in [0.25, 0.3) is 0 Å². The fraction of sp³-hybridized carbons (Fsp3) is 0.541. The molecule has 0 heterocycles. The van der Waals surface area contributed by atoms with Gasteiger partial charge in [0.1, 0.15) is 29.6 Å². The summed E-state index contributed by atoms with van der Waals surface area (Å²) in [6.07, 6.45) is -6.90. The van der Waals surface area contributed by atoms with Crippen molar-refractivity contribution in [3.8, 4) is 11.5 Å². The van der Waals surface area contributed by atoms with Crippen LogP contribution in [0.1, 0.15) is 65.5 Å². The lowest BCUT2D eigenvalue weighted by Gasteiger charge is -2.30. The summed E-state index contributed by atoms with van der Waals surface area (Å²) in [6.45, 7) is 10.1. The second-order valence-electron chi connectivity index (χ2n) is 13.6. The normalized spacial score (nSPS) is 15.0. The summed E-state index contributed by atoms with van der Waals surface area (Å²) >= 11 is 0. The Morgan fingerprint density at radius 1 is 0.792 bits per heavy atom. The van der Waals surface area contributed by atoms with Crippen LogP contribution in [0.4, 0.5) is 13.2 Å². The molecule has 294 valence electrons. The van der Waals surface area contributed by atoms with Crippen LogP contribution < -0.4 is 30.7 Å². The SMILES string of the molecule is CC[C@H](C)[C@H](NC(=O)CC(O)C(Cc1ccccc1)NC(=O)[C@@H](NC(=O)Cc1cc(OC(F)(F)F)ccc1OC)C(C)C)C(=O)N[C@H](C(=O)O)C(C)C. The number of aliphatic hydroxyl groups is 1. The van der Waals surface area contributed by atoms with E-state index in [4.69, 9.17) is 4.74 Å². The van der Waals surface area contributed by atoms with Gasteiger partial charge in [-0.1, -0.05) is 78.3 Å². The van der Waals surface area contributed by atoms with E-state index < -0.39 is 103 Å². The molecule has 0 aliphatic rings. The first-order chi connectivity index (χ1) is 24.8. The third-order valence-corrected chi connectivity index (χ3v) is 8.63. The number of carbonyl (C=O) groups excluding carboxylic acids is 4. The molecule has 53 heavy (non-hydrogen) atoms. The van der Waals surface area contributed by atoms with E-state index in [1.165, 1.54) is 13.2 Å². The predicted molar refractivity (Wildman–Crippen MR) is 189 cm³/mol. The van der Waals surface area contributed by atoms with Gasteiger partial charge in [-0.3, -0.25) is 19.2 Å². The smallest absolute Gasteiger partial charge is 0.496 e. The molecule has 0 aliphatic carbocycles. The fourth-order valence-electron chi connectivity index (χ4n) is 5.47. The van der Waals surface area contributed by atoms with E-state index in [2.05, 4.69) is 26.0 Å². The van der Waals surface area contributed by atoms with Crippen molar-refractivity contribution in [3.63, 3.8) is 0 Å². The van der Waals surface area contributed by atoms with Crippen LogP contribution in [0.15, 0.2) is 48.5 Å². The van der Waals surface area contributed by atoms with Gasteiger partial charge in [-0.2, -0.15) is 0 Å². The van der Waals surface area contributed by atoms with E-state index in [9.17, 15) is 47.4 Å². The van der Waals surface area contributed by atoms with Gasteiger partial charge >= 0.3 is 12.3 Å². The number of carboxylic acids is 1. The lowest BCUT2D eigenvalue weighted by molar-refractivity contribution is -0.274. The van der Waals surface area contributed by atoms with Crippen molar-refractivity contribution in [2.45, 2.75) is 104 Å². The molecule has 2 unspecified atom stereocenters. The van der Waals surface area contributed by atoms with Crippen LogP contribution in [-0.2, 0) is 36.8 Å². The molecular weight excluding hydrogens is 701 g/mol. The molecule has 0 aromatic heterocycles. The third kappa shape index (κ3) is 14.6. The highest BCUT2D eigenvalue weighted by molar-refractivity contribution is 5.91. The molecule has 2 rings (SSSR count). The molecule has 0 aliphatic heterocycles. The second-order valence-corrected chi connectivity index (χ2v) is 13.6. The van der Waals surface area contributed by atoms with E-state index in [0.717, 1.165) is 12.1 Å². The molecule has 0 fully saturated rings. The minimum atomic E-state index is -4.96. The molecule has 4 amide bonds. The van der Waals surface area contributed by atoms with Crippen LogP contribution in [0, 0.1) is 17.8 Å². The summed E-state index contributed by atoms with van der Waals surface area (Å²) < 4.78 is 47.6. The fourth-order valence-corrected chi connectivity index (χ4v) is 5.47. The Morgan fingerprint density at radius 2 is 1.38 bits per heavy atom. The molecule has 0 radical (unpaired) electrons. The first-order valence-electron chi connectivity index (χ1n) is 17.3. The van der Waals surface area contributed by atoms with Gasteiger partial charge in [0, 0.05) is 5.56 Å². The first kappa shape index (κ1) is 44.3. The summed E-state index contributed by atoms with van der Waals surface area (Å²) in [4.78, 5) is 65.0. The molecule has 13 nitrogen and oxygen atoms in total. The van der Waals surface area contributed by atoms with Crippen molar-refractivity contribution >= 4 is 29.6 Å². The maximum Gasteiger partial charge on any atom is 0.573 e. The van der Waals surface area contributed by atoms with Crippen LogP contribution in [0.5, 0.6) is 11.5 Å². The molecule has 0 saturated heterocycles. The molecule has 0 spiro atoms. The maximum absolute atomic E-state index is 13.7. The monoisotopic (exact) mass is 752 g/mol. The van der Waals surface area contributed by atoms with Crippen molar-refractivity contribution in [2.75, 3.05) is 7.11 Å². The van der Waals surface area contributed by atoms with Crippen molar-refractivity contribution in [1.29, 1.82) is 0 Å². The highest BCUT2D eigenvalue weighted by Crippen LogP contribution is 2.29. The standard InChI is InChI=1S/C37H51F3N4O9/c1-8-22(6)33(35(49)44-32(21(4)5)36(50)51)43-30(47)19-27(45)26(16-23-12-10-9-11-13-23)41-34(48)31(20(2)3)42-29(46)18-24-17-25(53-37(38,39)40)14-15-28(24)52-7/h9-15,17,20-22,26-27,31-33,45H,8,16,18-19H2,1-7H3,(H,41,48)(H,42,46)(H,43,47)(H,44,49)(H,50,51)/t22-,26?,27?,31-,32-,33-/m0/s1. The van der Waals surface area contributed by atoms with Gasteiger partial charge in [-0.15, -0.1) is 13.2 Å². The molecule has 6 N–H and O–H groups in total. The largest absolute Gasteiger partial charge is 0.573 e. The molecule has 6 atom stereocenters. The first-order valence-corrected chi connectivity index (χ1v) is 17.3. The Morgan fingerprint density at radius 3 is 1.91 bits per heavy atom. The summed E-state index contributed by atoms with van der Waals surface area (Å²) in [5.41, 5.74) is 0.783. The van der Waals surface area contributed by atoms with E-state index >= 15 is 0 Å². The number of benzene rings is 2. The predicted octanol–water partition coefficient (Wildman–Crippen LogP) is 3.51. The number of amides is 4. The van der Waals surface area contributed by atoms with Crippen molar-refractivity contribution < 1.29 is 56.8 Å². The van der Waals surface area contributed by atoms with E-state index in [1.54, 1.807) is 71.9 Å². The zero-order chi connectivity index (χ0) is 40.0. The van der Waals surface area contributed by atoms with Crippen LogP contribution >= 0.6 is 0 Å². The number of nitrogens with one attached hydrogen (secondary N) is 4. The zero-order valence-electron chi connectivity index (χ0n) is 31.0. The third-order valence-electron chi connectivity index (χ3n) is 8.63.